The van der Waals surface area contributed by atoms with Gasteiger partial charge in [0.25, 0.3) is 17.4 Å². The summed E-state index contributed by atoms with van der Waals surface area (Å²) in [6.07, 6.45) is 6.92. The number of ether oxygens (including phenoxy) is 2. The number of aryl methyl sites for hydroxylation is 1. The van der Waals surface area contributed by atoms with Crippen molar-refractivity contribution in [2.24, 2.45) is 13.0 Å². The minimum Gasteiger partial charge on any atom is -0.496 e. The Labute approximate surface area is 336 Å². The van der Waals surface area contributed by atoms with Gasteiger partial charge in [0.2, 0.25) is 11.8 Å². The van der Waals surface area contributed by atoms with Crippen LogP contribution in [0.5, 0.6) is 11.5 Å². The zero-order chi connectivity index (χ0) is 40.7. The fourth-order valence-electron chi connectivity index (χ4n) is 8.92. The lowest BCUT2D eigenvalue weighted by Gasteiger charge is -2.37. The molecule has 6 heterocycles. The topological polar surface area (TPSA) is 159 Å². The second-order valence-electron chi connectivity index (χ2n) is 15.7. The summed E-state index contributed by atoms with van der Waals surface area (Å²) in [6.45, 7) is 7.28. The number of nitrogens with one attached hydrogen (secondary N) is 2. The van der Waals surface area contributed by atoms with Gasteiger partial charge in [-0.3, -0.25) is 39.1 Å². The standard InChI is InChI=1S/C43H50N8O7/c1-44-38-22-30-32(23-45-38)41(54)47(2)24-33(30)27-19-36(57-3)34(37(20-27)58-4)25-49-17-15-48(16-18-49)12-9-26-10-13-50(14-11-26)28-5-6-29-31(21-28)43(56)51(42(29)55)35-7-8-39(52)46-40(35)53/h5-6,19-24,26,35H,7-18,25H2,1-4H3,(H,44,45)(H,46,52,53). The number of carbonyl (C=O) groups is 4. The van der Waals surface area contributed by atoms with Crippen molar-refractivity contribution in [1.82, 2.24) is 29.6 Å². The third-order valence-electron chi connectivity index (χ3n) is 12.3. The number of imide groups is 2. The van der Waals surface area contributed by atoms with Gasteiger partial charge in [0.15, 0.2) is 0 Å². The molecule has 1 unspecified atom stereocenters. The van der Waals surface area contributed by atoms with Crippen molar-refractivity contribution in [2.45, 2.75) is 44.7 Å². The van der Waals surface area contributed by atoms with Crippen LogP contribution >= 0.6 is 0 Å². The smallest absolute Gasteiger partial charge is 0.262 e. The fraction of sp³-hybridized carbons (Fsp3) is 0.442. The molecule has 4 aliphatic rings. The van der Waals surface area contributed by atoms with Crippen molar-refractivity contribution in [2.75, 3.05) is 77.3 Å². The van der Waals surface area contributed by atoms with Crippen molar-refractivity contribution in [1.29, 1.82) is 0 Å². The first-order valence-electron chi connectivity index (χ1n) is 20.0. The first kappa shape index (κ1) is 39.0. The van der Waals surface area contributed by atoms with Crippen LogP contribution in [0.25, 0.3) is 21.9 Å². The molecule has 15 nitrogen and oxygen atoms in total. The van der Waals surface area contributed by atoms with Crippen LogP contribution in [0.15, 0.2) is 53.6 Å². The Balaban J connectivity index is 0.845. The van der Waals surface area contributed by atoms with Crippen molar-refractivity contribution >= 4 is 45.9 Å². The lowest BCUT2D eigenvalue weighted by molar-refractivity contribution is -0.136. The molecule has 3 saturated heterocycles. The van der Waals surface area contributed by atoms with Crippen LogP contribution in [0, 0.1) is 5.92 Å². The van der Waals surface area contributed by atoms with Crippen molar-refractivity contribution in [3.05, 3.63) is 75.8 Å². The SMILES string of the molecule is CNc1cc2c(-c3cc(OC)c(CN4CCN(CCC5CCN(c6ccc7c(c6)C(=O)N(C6CCC(=O)NC6=O)C7=O)CC5)CC4)c(OC)c3)cn(C)c(=O)c2cn1. The molecular formula is C43H50N8O7. The molecule has 2 aromatic carbocycles. The number of carbonyl (C=O) groups excluding carboxylic acids is 4. The number of amides is 4. The Morgan fingerprint density at radius 2 is 1.50 bits per heavy atom. The van der Waals surface area contributed by atoms with Gasteiger partial charge in [-0.2, -0.15) is 0 Å². The predicted molar refractivity (Wildman–Crippen MR) is 219 cm³/mol. The third-order valence-corrected chi connectivity index (χ3v) is 12.3. The number of methoxy groups -OCH3 is 2. The maximum Gasteiger partial charge on any atom is 0.262 e. The van der Waals surface area contributed by atoms with E-state index in [-0.39, 0.29) is 24.3 Å². The van der Waals surface area contributed by atoms with E-state index in [9.17, 15) is 24.0 Å². The van der Waals surface area contributed by atoms with Gasteiger partial charge < -0.3 is 29.2 Å². The highest BCUT2D eigenvalue weighted by Gasteiger charge is 2.45. The van der Waals surface area contributed by atoms with E-state index in [2.05, 4.69) is 30.3 Å². The maximum absolute atomic E-state index is 13.3. The Hall–Kier alpha value is -5.80. The van der Waals surface area contributed by atoms with E-state index in [0.29, 0.717) is 34.8 Å². The minimum atomic E-state index is -0.968. The highest BCUT2D eigenvalue weighted by Crippen LogP contribution is 2.39. The molecule has 3 fully saturated rings. The van der Waals surface area contributed by atoms with Crippen LogP contribution in [0.4, 0.5) is 11.5 Å². The lowest BCUT2D eigenvalue weighted by atomic mass is 9.92. The molecule has 15 heteroatoms. The molecule has 0 aliphatic carbocycles. The number of piperidine rings is 2. The average molecular weight is 791 g/mol. The molecule has 0 bridgehead atoms. The van der Waals surface area contributed by atoms with Gasteiger partial charge in [-0.15, -0.1) is 0 Å². The zero-order valence-corrected chi connectivity index (χ0v) is 33.5. The van der Waals surface area contributed by atoms with Crippen LogP contribution in [0.2, 0.25) is 0 Å². The Kier molecular flexibility index (Phi) is 10.9. The molecule has 4 aromatic rings. The first-order chi connectivity index (χ1) is 28.1. The van der Waals surface area contributed by atoms with Crippen molar-refractivity contribution in [3.8, 4) is 22.6 Å². The predicted octanol–water partition coefficient (Wildman–Crippen LogP) is 3.48. The fourth-order valence-corrected chi connectivity index (χ4v) is 8.92. The van der Waals surface area contributed by atoms with E-state index >= 15 is 0 Å². The van der Waals surface area contributed by atoms with Gasteiger partial charge in [-0.25, -0.2) is 4.98 Å². The number of piperazine rings is 1. The number of anilines is 2. The summed E-state index contributed by atoms with van der Waals surface area (Å²) in [6, 6.07) is 10.4. The quantitative estimate of drug-likeness (QED) is 0.214. The number of rotatable bonds is 11. The molecule has 2 N–H and O–H groups in total. The van der Waals surface area contributed by atoms with E-state index < -0.39 is 23.8 Å². The number of hydrogen-bond acceptors (Lipinski definition) is 12. The summed E-state index contributed by atoms with van der Waals surface area (Å²) < 4.78 is 13.5. The summed E-state index contributed by atoms with van der Waals surface area (Å²) in [5.74, 6) is 0.810. The monoisotopic (exact) mass is 790 g/mol. The highest BCUT2D eigenvalue weighted by atomic mass is 16.5. The summed E-state index contributed by atoms with van der Waals surface area (Å²) in [5, 5.41) is 6.67. The Bertz CT molecular complexity index is 2320. The first-order valence-corrected chi connectivity index (χ1v) is 20.0. The molecule has 58 heavy (non-hydrogen) atoms. The lowest BCUT2D eigenvalue weighted by Crippen LogP contribution is -2.54. The summed E-state index contributed by atoms with van der Waals surface area (Å²) in [7, 11) is 6.91. The molecule has 2 aromatic heterocycles. The largest absolute Gasteiger partial charge is 0.496 e. The van der Waals surface area contributed by atoms with Crippen LogP contribution in [-0.2, 0) is 23.2 Å². The molecule has 1 atom stereocenters. The number of pyridine rings is 2. The van der Waals surface area contributed by atoms with Gasteiger partial charge in [0, 0.05) is 95.4 Å². The van der Waals surface area contributed by atoms with E-state index in [1.807, 2.05) is 30.5 Å². The van der Waals surface area contributed by atoms with Gasteiger partial charge >= 0.3 is 0 Å². The van der Waals surface area contributed by atoms with Gasteiger partial charge in [0.1, 0.15) is 23.4 Å². The summed E-state index contributed by atoms with van der Waals surface area (Å²) >= 11 is 0. The van der Waals surface area contributed by atoms with Gasteiger partial charge in [0.05, 0.1) is 36.3 Å². The third kappa shape index (κ3) is 7.39. The number of hydrogen-bond donors (Lipinski definition) is 2. The molecule has 0 spiro atoms. The van der Waals surface area contributed by atoms with E-state index in [1.165, 1.54) is 0 Å². The second-order valence-corrected chi connectivity index (χ2v) is 15.7. The summed E-state index contributed by atoms with van der Waals surface area (Å²) in [5.41, 5.74) is 4.19. The van der Waals surface area contributed by atoms with E-state index in [4.69, 9.17) is 9.47 Å². The zero-order valence-electron chi connectivity index (χ0n) is 33.5. The van der Waals surface area contributed by atoms with Crippen LogP contribution in [-0.4, -0.2) is 121 Å². The molecule has 4 amide bonds. The van der Waals surface area contributed by atoms with Crippen LogP contribution in [0.1, 0.15) is 58.4 Å². The molecule has 0 radical (unpaired) electrons. The van der Waals surface area contributed by atoms with Crippen molar-refractivity contribution in [3.63, 3.8) is 0 Å². The van der Waals surface area contributed by atoms with Gasteiger partial charge in [-0.05, 0) is 80.1 Å². The van der Waals surface area contributed by atoms with Crippen molar-refractivity contribution < 1.29 is 28.7 Å². The average Bonchev–Trinajstić information content (AvgIpc) is 3.49. The Morgan fingerprint density at radius 3 is 2.17 bits per heavy atom. The maximum atomic E-state index is 13.3. The number of aromatic nitrogens is 2. The molecule has 8 rings (SSSR count). The molecular weight excluding hydrogens is 741 g/mol. The number of nitrogens with zero attached hydrogens (tertiary/aromatic N) is 6. The number of fused-ring (bicyclic) bond motifs is 2. The van der Waals surface area contributed by atoms with E-state index in [1.54, 1.807) is 51.2 Å². The molecule has 304 valence electrons. The van der Waals surface area contributed by atoms with Crippen LogP contribution in [0.3, 0.4) is 0 Å². The van der Waals surface area contributed by atoms with E-state index in [0.717, 1.165) is 109 Å². The molecule has 0 saturated carbocycles. The minimum absolute atomic E-state index is 0.0958. The normalized spacial score (nSPS) is 19.5. The summed E-state index contributed by atoms with van der Waals surface area (Å²) in [4.78, 5) is 76.2. The highest BCUT2D eigenvalue weighted by molar-refractivity contribution is 6.23. The Morgan fingerprint density at radius 1 is 0.810 bits per heavy atom. The second kappa shape index (κ2) is 16.2. The van der Waals surface area contributed by atoms with Crippen LogP contribution < -0.4 is 30.6 Å². The van der Waals surface area contributed by atoms with Gasteiger partial charge in [-0.1, -0.05) is 0 Å². The molecule has 4 aliphatic heterocycles. The number of benzene rings is 2.